The van der Waals surface area contributed by atoms with Crippen molar-refractivity contribution in [1.29, 1.82) is 0 Å². The lowest BCUT2D eigenvalue weighted by atomic mass is 9.86. The Morgan fingerprint density at radius 1 is 1.00 bits per heavy atom. The Bertz CT molecular complexity index is 631. The second-order valence-electron chi connectivity index (χ2n) is 7.94. The van der Waals surface area contributed by atoms with Gasteiger partial charge < -0.3 is 31.5 Å². The molecule has 29 heavy (non-hydrogen) atoms. The van der Waals surface area contributed by atoms with E-state index in [0.29, 0.717) is 29.6 Å². The van der Waals surface area contributed by atoms with E-state index in [-0.39, 0.29) is 12.4 Å². The number of carbonyl (C=O) groups excluding carboxylic acids is 1. The van der Waals surface area contributed by atoms with Crippen molar-refractivity contribution in [2.75, 3.05) is 47.5 Å². The fourth-order valence-corrected chi connectivity index (χ4v) is 4.56. The van der Waals surface area contributed by atoms with Crippen LogP contribution in [0.3, 0.4) is 0 Å². The van der Waals surface area contributed by atoms with Gasteiger partial charge in [0, 0.05) is 18.6 Å². The van der Waals surface area contributed by atoms with Crippen LogP contribution in [0.5, 0.6) is 17.2 Å². The van der Waals surface area contributed by atoms with Crippen molar-refractivity contribution < 1.29 is 36.3 Å². The summed E-state index contributed by atoms with van der Waals surface area (Å²) in [6, 6.07) is 4.02. The van der Waals surface area contributed by atoms with Crippen LogP contribution in [0.1, 0.15) is 44.9 Å². The smallest absolute Gasteiger partial charge is 0.222 e. The van der Waals surface area contributed by atoms with Crippen molar-refractivity contribution >= 4 is 11.6 Å². The molecule has 1 saturated carbocycles. The van der Waals surface area contributed by atoms with Gasteiger partial charge in [-0.2, -0.15) is 0 Å². The summed E-state index contributed by atoms with van der Waals surface area (Å²) in [5.74, 6) is 3.06. The molecular weight excluding hydrogens is 392 g/mol. The monoisotopic (exact) mass is 426 g/mol. The highest BCUT2D eigenvalue weighted by Crippen LogP contribution is 2.39. The molecule has 6 nitrogen and oxygen atoms in total. The van der Waals surface area contributed by atoms with Crippen molar-refractivity contribution in [1.82, 2.24) is 4.90 Å². The molecule has 2 fully saturated rings. The van der Waals surface area contributed by atoms with Crippen molar-refractivity contribution in [2.45, 2.75) is 44.9 Å². The molecule has 7 heteroatoms. The lowest BCUT2D eigenvalue weighted by Crippen LogP contribution is -3.10. The van der Waals surface area contributed by atoms with E-state index in [4.69, 9.17) is 14.2 Å². The average molecular weight is 427 g/mol. The summed E-state index contributed by atoms with van der Waals surface area (Å²) in [5, 5.41) is 0. The Balaban J connectivity index is 0.00000300. The molecule has 1 aromatic carbocycles. The Hall–Kier alpha value is -1.66. The van der Waals surface area contributed by atoms with E-state index in [1.54, 1.807) is 21.3 Å². The molecule has 0 radical (unpaired) electrons. The summed E-state index contributed by atoms with van der Waals surface area (Å²) in [4.78, 5) is 16.0. The number of rotatable bonds is 7. The molecule has 1 aromatic rings. The third kappa shape index (κ3) is 5.92. The van der Waals surface area contributed by atoms with Crippen LogP contribution in [-0.4, -0.2) is 58.3 Å². The molecule has 0 unspecified atom stereocenters. The minimum absolute atomic E-state index is 0. The van der Waals surface area contributed by atoms with Crippen LogP contribution < -0.4 is 31.5 Å². The Morgan fingerprint density at radius 2 is 1.59 bits per heavy atom. The highest BCUT2D eigenvalue weighted by Gasteiger charge is 2.27. The Morgan fingerprint density at radius 3 is 2.10 bits per heavy atom. The van der Waals surface area contributed by atoms with E-state index < -0.39 is 0 Å². The van der Waals surface area contributed by atoms with Gasteiger partial charge in [0.05, 0.1) is 47.5 Å². The van der Waals surface area contributed by atoms with Crippen LogP contribution in [0, 0.1) is 5.92 Å². The van der Waals surface area contributed by atoms with Gasteiger partial charge in [-0.05, 0) is 12.3 Å². The fourth-order valence-electron chi connectivity index (χ4n) is 4.56. The third-order valence-corrected chi connectivity index (χ3v) is 6.28. The maximum Gasteiger partial charge on any atom is 0.222 e. The number of hydrogen-bond donors (Lipinski definition) is 1. The van der Waals surface area contributed by atoms with E-state index in [1.165, 1.54) is 37.0 Å². The largest absolute Gasteiger partial charge is 1.00 e. The summed E-state index contributed by atoms with van der Waals surface area (Å²) >= 11 is 0. The molecule has 3 rings (SSSR count). The van der Waals surface area contributed by atoms with Gasteiger partial charge in [0.2, 0.25) is 11.7 Å². The normalized spacial score (nSPS) is 18.1. The summed E-state index contributed by atoms with van der Waals surface area (Å²) in [5.41, 5.74) is 1.11. The first-order valence-electron chi connectivity index (χ1n) is 10.6. The van der Waals surface area contributed by atoms with Crippen LogP contribution in [0.2, 0.25) is 0 Å². The van der Waals surface area contributed by atoms with Crippen LogP contribution in [0.25, 0.3) is 0 Å². The van der Waals surface area contributed by atoms with E-state index in [2.05, 4.69) is 0 Å². The Kier molecular flexibility index (Phi) is 9.37. The van der Waals surface area contributed by atoms with Crippen molar-refractivity contribution in [2.24, 2.45) is 5.92 Å². The first-order chi connectivity index (χ1) is 13.7. The fraction of sp³-hybridized carbons (Fsp3) is 0.682. The van der Waals surface area contributed by atoms with Gasteiger partial charge in [-0.1, -0.05) is 32.1 Å². The number of nitrogens with one attached hydrogen (secondary N) is 1. The van der Waals surface area contributed by atoms with Crippen LogP contribution in [0.4, 0.5) is 5.69 Å². The molecule has 1 N–H and O–H groups in total. The number of benzene rings is 1. The molecule has 1 aliphatic carbocycles. The molecule has 164 valence electrons. The first-order valence-corrected chi connectivity index (χ1v) is 10.6. The molecule has 0 aromatic heterocycles. The molecule has 0 bridgehead atoms. The zero-order chi connectivity index (χ0) is 19.9. The SMILES string of the molecule is COc1cc([NH+]2CCN(C(=O)CCC3CCCCC3)CC2)cc(OC)c1OC.[Cl-]. The first kappa shape index (κ1) is 23.6. The number of halogens is 1. The molecule has 0 atom stereocenters. The summed E-state index contributed by atoms with van der Waals surface area (Å²) in [6.45, 7) is 3.40. The maximum atomic E-state index is 12.6. The van der Waals surface area contributed by atoms with Gasteiger partial charge in [0.15, 0.2) is 11.5 Å². The zero-order valence-electron chi connectivity index (χ0n) is 18.0. The molecule has 1 amide bonds. The number of amides is 1. The molecule has 2 aliphatic rings. The number of quaternary nitrogens is 1. The highest BCUT2D eigenvalue weighted by atomic mass is 35.5. The second kappa shape index (κ2) is 11.5. The minimum Gasteiger partial charge on any atom is -1.00 e. The lowest BCUT2D eigenvalue weighted by Gasteiger charge is -2.33. The Labute approximate surface area is 180 Å². The number of hydrogen-bond acceptors (Lipinski definition) is 4. The topological polar surface area (TPSA) is 52.4 Å². The lowest BCUT2D eigenvalue weighted by molar-refractivity contribution is -0.837. The number of ether oxygens (including phenoxy) is 3. The van der Waals surface area contributed by atoms with Gasteiger partial charge in [0.1, 0.15) is 5.69 Å². The average Bonchev–Trinajstić information content (AvgIpc) is 2.77. The summed E-state index contributed by atoms with van der Waals surface area (Å²) < 4.78 is 16.4. The molecule has 1 aliphatic heterocycles. The highest BCUT2D eigenvalue weighted by molar-refractivity contribution is 5.76. The number of piperazine rings is 1. The quantitative estimate of drug-likeness (QED) is 0.635. The van der Waals surface area contributed by atoms with E-state index in [0.717, 1.165) is 44.2 Å². The van der Waals surface area contributed by atoms with Crippen molar-refractivity contribution in [3.63, 3.8) is 0 Å². The van der Waals surface area contributed by atoms with Gasteiger partial charge in [0.25, 0.3) is 0 Å². The number of carbonyl (C=O) groups is 1. The standard InChI is InChI=1S/C22H34N2O4.ClH/c1-26-19-15-18(16-20(27-2)22(19)28-3)23-11-13-24(14-12-23)21(25)10-9-17-7-5-4-6-8-17;/h15-17H,4-14H2,1-3H3;1H. The summed E-state index contributed by atoms with van der Waals surface area (Å²) in [7, 11) is 4.89. The third-order valence-electron chi connectivity index (χ3n) is 6.28. The molecule has 0 spiro atoms. The summed E-state index contributed by atoms with van der Waals surface area (Å²) in [6.07, 6.45) is 8.46. The number of nitrogens with zero attached hydrogens (tertiary/aromatic N) is 1. The van der Waals surface area contributed by atoms with E-state index in [9.17, 15) is 4.79 Å². The van der Waals surface area contributed by atoms with Gasteiger partial charge in [-0.3, -0.25) is 9.69 Å². The van der Waals surface area contributed by atoms with Crippen molar-refractivity contribution in [3.8, 4) is 17.2 Å². The van der Waals surface area contributed by atoms with E-state index >= 15 is 0 Å². The van der Waals surface area contributed by atoms with E-state index in [1.807, 2.05) is 17.0 Å². The van der Waals surface area contributed by atoms with Gasteiger partial charge in [-0.15, -0.1) is 0 Å². The molecular formula is C22H35ClN2O4. The van der Waals surface area contributed by atoms with Crippen LogP contribution in [0.15, 0.2) is 12.1 Å². The predicted molar refractivity (Wildman–Crippen MR) is 109 cm³/mol. The second-order valence-corrected chi connectivity index (χ2v) is 7.94. The predicted octanol–water partition coefficient (Wildman–Crippen LogP) is -0.564. The molecule has 1 heterocycles. The van der Waals surface area contributed by atoms with Crippen LogP contribution in [-0.2, 0) is 4.79 Å². The van der Waals surface area contributed by atoms with Gasteiger partial charge >= 0.3 is 0 Å². The van der Waals surface area contributed by atoms with Crippen molar-refractivity contribution in [3.05, 3.63) is 12.1 Å². The minimum atomic E-state index is 0. The zero-order valence-corrected chi connectivity index (χ0v) is 18.7. The van der Waals surface area contributed by atoms with Crippen LogP contribution >= 0.6 is 0 Å². The number of methoxy groups -OCH3 is 3. The van der Waals surface area contributed by atoms with Gasteiger partial charge in [-0.25, -0.2) is 0 Å². The molecule has 1 saturated heterocycles. The maximum absolute atomic E-state index is 12.6.